The smallest absolute Gasteiger partial charge is 0.0195 e. The van der Waals surface area contributed by atoms with Gasteiger partial charge < -0.3 is 10.2 Å². The third-order valence-electron chi connectivity index (χ3n) is 2.72. The average molecular weight is 184 g/mol. The van der Waals surface area contributed by atoms with E-state index in [1.54, 1.807) is 0 Å². The molecule has 78 valence electrons. The minimum absolute atomic E-state index is 0.776. The van der Waals surface area contributed by atoms with Gasteiger partial charge in [-0.25, -0.2) is 0 Å². The Hall–Kier alpha value is -0.0800. The van der Waals surface area contributed by atoms with Crippen LogP contribution in [0.4, 0.5) is 0 Å². The van der Waals surface area contributed by atoms with Crippen LogP contribution in [-0.2, 0) is 0 Å². The second-order valence-electron chi connectivity index (χ2n) is 4.09. The van der Waals surface area contributed by atoms with Crippen LogP contribution in [0.2, 0.25) is 0 Å². The van der Waals surface area contributed by atoms with Gasteiger partial charge in [0, 0.05) is 12.6 Å². The Labute approximate surface area is 82.7 Å². The molecule has 1 heterocycles. The number of hydrogen-bond acceptors (Lipinski definition) is 2. The topological polar surface area (TPSA) is 15.3 Å². The molecule has 0 saturated carbocycles. The Bertz CT molecular complexity index is 113. The molecular weight excluding hydrogens is 160 g/mol. The number of hydrogen-bond donors (Lipinski definition) is 1. The molecular formula is C11H24N2. The predicted octanol–water partition coefficient (Wildman–Crippen LogP) is 1.86. The summed E-state index contributed by atoms with van der Waals surface area (Å²) in [5.41, 5.74) is 0. The molecule has 0 aliphatic carbocycles. The molecule has 0 radical (unpaired) electrons. The summed E-state index contributed by atoms with van der Waals surface area (Å²) < 4.78 is 0. The Morgan fingerprint density at radius 1 is 1.23 bits per heavy atom. The van der Waals surface area contributed by atoms with Crippen molar-refractivity contribution in [2.45, 2.75) is 45.6 Å². The number of nitrogens with zero attached hydrogens (tertiary/aromatic N) is 1. The lowest BCUT2D eigenvalue weighted by atomic mass is 10.2. The van der Waals surface area contributed by atoms with E-state index in [0.29, 0.717) is 0 Å². The molecule has 0 bridgehead atoms. The van der Waals surface area contributed by atoms with Crippen molar-refractivity contribution in [2.75, 3.05) is 26.2 Å². The average Bonchev–Trinajstić information content (AvgIpc) is 2.58. The molecule has 2 nitrogen and oxygen atoms in total. The van der Waals surface area contributed by atoms with Crippen LogP contribution in [0.15, 0.2) is 0 Å². The molecule has 1 fully saturated rings. The molecule has 1 aliphatic rings. The standard InChI is InChI=1S/C11H24N2/c1-3-8-13(9-4-2)10-11-6-5-7-12-11/h11-12H,3-10H2,1-2H3/t11-/m0/s1. The molecule has 1 rings (SSSR count). The third-order valence-corrected chi connectivity index (χ3v) is 2.72. The number of nitrogens with one attached hydrogen (secondary N) is 1. The lowest BCUT2D eigenvalue weighted by Crippen LogP contribution is -2.38. The van der Waals surface area contributed by atoms with Crippen LogP contribution in [0, 0.1) is 0 Å². The van der Waals surface area contributed by atoms with Crippen LogP contribution in [0.3, 0.4) is 0 Å². The molecule has 1 atom stereocenters. The molecule has 13 heavy (non-hydrogen) atoms. The second-order valence-corrected chi connectivity index (χ2v) is 4.09. The van der Waals surface area contributed by atoms with Crippen molar-refractivity contribution < 1.29 is 0 Å². The van der Waals surface area contributed by atoms with Gasteiger partial charge in [0.15, 0.2) is 0 Å². The van der Waals surface area contributed by atoms with Crippen LogP contribution >= 0.6 is 0 Å². The van der Waals surface area contributed by atoms with Crippen molar-refractivity contribution in [3.05, 3.63) is 0 Å². The summed E-state index contributed by atoms with van der Waals surface area (Å²) in [4.78, 5) is 2.60. The number of rotatable bonds is 6. The van der Waals surface area contributed by atoms with Crippen LogP contribution in [-0.4, -0.2) is 37.1 Å². The van der Waals surface area contributed by atoms with E-state index in [1.807, 2.05) is 0 Å². The molecule has 1 aliphatic heterocycles. The molecule has 0 aromatic heterocycles. The van der Waals surface area contributed by atoms with Crippen LogP contribution in [0.1, 0.15) is 39.5 Å². The fourth-order valence-corrected chi connectivity index (χ4v) is 2.15. The highest BCUT2D eigenvalue weighted by Crippen LogP contribution is 2.07. The first-order valence-corrected chi connectivity index (χ1v) is 5.82. The van der Waals surface area contributed by atoms with Gasteiger partial charge in [-0.05, 0) is 45.3 Å². The quantitative estimate of drug-likeness (QED) is 0.678. The lowest BCUT2D eigenvalue weighted by Gasteiger charge is -2.24. The van der Waals surface area contributed by atoms with Gasteiger partial charge in [-0.15, -0.1) is 0 Å². The predicted molar refractivity (Wildman–Crippen MR) is 58.0 cm³/mol. The van der Waals surface area contributed by atoms with E-state index in [2.05, 4.69) is 24.1 Å². The molecule has 0 amide bonds. The Morgan fingerprint density at radius 3 is 2.38 bits per heavy atom. The van der Waals surface area contributed by atoms with Crippen molar-refractivity contribution in [3.8, 4) is 0 Å². The fraction of sp³-hybridized carbons (Fsp3) is 1.00. The SMILES string of the molecule is CCCN(CCC)C[C@@H]1CCCN1. The summed E-state index contributed by atoms with van der Waals surface area (Å²) in [5.74, 6) is 0. The first-order valence-electron chi connectivity index (χ1n) is 5.82. The zero-order valence-electron chi connectivity index (χ0n) is 9.18. The lowest BCUT2D eigenvalue weighted by molar-refractivity contribution is 0.250. The van der Waals surface area contributed by atoms with Gasteiger partial charge in [0.05, 0.1) is 0 Å². The van der Waals surface area contributed by atoms with Crippen LogP contribution < -0.4 is 5.32 Å². The van der Waals surface area contributed by atoms with E-state index in [1.165, 1.54) is 51.9 Å². The maximum Gasteiger partial charge on any atom is 0.0195 e. The Kier molecular flexibility index (Phi) is 5.40. The van der Waals surface area contributed by atoms with Gasteiger partial charge in [0.25, 0.3) is 0 Å². The maximum absolute atomic E-state index is 3.56. The zero-order valence-corrected chi connectivity index (χ0v) is 9.18. The molecule has 0 unspecified atom stereocenters. The fourth-order valence-electron chi connectivity index (χ4n) is 2.15. The van der Waals surface area contributed by atoms with Gasteiger partial charge >= 0.3 is 0 Å². The molecule has 0 aromatic rings. The summed E-state index contributed by atoms with van der Waals surface area (Å²) in [5, 5.41) is 3.56. The van der Waals surface area contributed by atoms with Crippen molar-refractivity contribution >= 4 is 0 Å². The minimum atomic E-state index is 0.776. The van der Waals surface area contributed by atoms with Gasteiger partial charge in [-0.2, -0.15) is 0 Å². The van der Waals surface area contributed by atoms with E-state index in [4.69, 9.17) is 0 Å². The van der Waals surface area contributed by atoms with Crippen molar-refractivity contribution in [1.29, 1.82) is 0 Å². The molecule has 2 heteroatoms. The summed E-state index contributed by atoms with van der Waals surface area (Å²) >= 11 is 0. The normalized spacial score (nSPS) is 22.8. The highest BCUT2D eigenvalue weighted by molar-refractivity contribution is 4.77. The van der Waals surface area contributed by atoms with E-state index in [-0.39, 0.29) is 0 Å². The summed E-state index contributed by atoms with van der Waals surface area (Å²) in [6.07, 6.45) is 5.32. The second kappa shape index (κ2) is 6.39. The molecule has 1 N–H and O–H groups in total. The Balaban J connectivity index is 2.19. The van der Waals surface area contributed by atoms with Crippen molar-refractivity contribution in [1.82, 2.24) is 10.2 Å². The highest BCUT2D eigenvalue weighted by Gasteiger charge is 2.16. The molecule has 0 spiro atoms. The Morgan fingerprint density at radius 2 is 1.92 bits per heavy atom. The van der Waals surface area contributed by atoms with E-state index in [0.717, 1.165) is 6.04 Å². The van der Waals surface area contributed by atoms with E-state index >= 15 is 0 Å². The van der Waals surface area contributed by atoms with Crippen LogP contribution in [0.5, 0.6) is 0 Å². The third kappa shape index (κ3) is 4.10. The first-order chi connectivity index (χ1) is 6.36. The van der Waals surface area contributed by atoms with E-state index in [9.17, 15) is 0 Å². The monoisotopic (exact) mass is 184 g/mol. The molecule has 1 saturated heterocycles. The van der Waals surface area contributed by atoms with Gasteiger partial charge in [-0.1, -0.05) is 13.8 Å². The van der Waals surface area contributed by atoms with Crippen molar-refractivity contribution in [3.63, 3.8) is 0 Å². The largest absolute Gasteiger partial charge is 0.313 e. The van der Waals surface area contributed by atoms with Crippen molar-refractivity contribution in [2.24, 2.45) is 0 Å². The van der Waals surface area contributed by atoms with Crippen LogP contribution in [0.25, 0.3) is 0 Å². The summed E-state index contributed by atoms with van der Waals surface area (Å²) in [6.45, 7) is 9.58. The molecule has 0 aromatic carbocycles. The van der Waals surface area contributed by atoms with E-state index < -0.39 is 0 Å². The summed E-state index contributed by atoms with van der Waals surface area (Å²) in [6, 6.07) is 0.776. The summed E-state index contributed by atoms with van der Waals surface area (Å²) in [7, 11) is 0. The minimum Gasteiger partial charge on any atom is -0.313 e. The highest BCUT2D eigenvalue weighted by atomic mass is 15.1. The van der Waals surface area contributed by atoms with Gasteiger partial charge in [-0.3, -0.25) is 0 Å². The first kappa shape index (κ1) is 11.0. The van der Waals surface area contributed by atoms with Gasteiger partial charge in [0.1, 0.15) is 0 Å². The zero-order chi connectivity index (χ0) is 9.52. The van der Waals surface area contributed by atoms with Gasteiger partial charge in [0.2, 0.25) is 0 Å². The maximum atomic E-state index is 3.56.